The number of H-pyrrole nitrogens is 1. The van der Waals surface area contributed by atoms with Crippen molar-refractivity contribution >= 4 is 23.1 Å². The smallest absolute Gasteiger partial charge is 0.208 e. The molecule has 0 aliphatic rings. The zero-order valence-corrected chi connectivity index (χ0v) is 8.78. The van der Waals surface area contributed by atoms with Gasteiger partial charge in [-0.2, -0.15) is 0 Å². The molecule has 2 rings (SSSR count). The Morgan fingerprint density at radius 3 is 3.23 bits per heavy atom. The molecule has 68 valence electrons. The van der Waals surface area contributed by atoms with E-state index < -0.39 is 0 Å². The van der Waals surface area contributed by atoms with Crippen LogP contribution in [-0.4, -0.2) is 20.9 Å². The summed E-state index contributed by atoms with van der Waals surface area (Å²) in [6.45, 7) is 2.09. The van der Waals surface area contributed by atoms with Crippen LogP contribution in [0.3, 0.4) is 0 Å². The predicted molar refractivity (Wildman–Crippen MR) is 56.1 cm³/mol. The van der Waals surface area contributed by atoms with Gasteiger partial charge in [-0.1, -0.05) is 24.8 Å². The third kappa shape index (κ3) is 1.92. The molecule has 5 heteroatoms. The fraction of sp³-hybridized carbons (Fsp3) is 0.250. The molecule has 3 nitrogen and oxygen atoms in total. The maximum absolute atomic E-state index is 4.35. The van der Waals surface area contributed by atoms with Crippen LogP contribution in [0.1, 0.15) is 6.92 Å². The first-order valence-electron chi connectivity index (χ1n) is 3.99. The quantitative estimate of drug-likeness (QED) is 0.793. The Morgan fingerprint density at radius 1 is 1.62 bits per heavy atom. The highest BCUT2D eigenvalue weighted by atomic mass is 32.2. The number of hydrogen-bond acceptors (Lipinski definition) is 4. The van der Waals surface area contributed by atoms with E-state index in [4.69, 9.17) is 0 Å². The molecule has 0 saturated carbocycles. The Hall–Kier alpha value is -0.810. The van der Waals surface area contributed by atoms with E-state index in [1.54, 1.807) is 23.1 Å². The van der Waals surface area contributed by atoms with Gasteiger partial charge in [0.15, 0.2) is 5.82 Å². The van der Waals surface area contributed by atoms with Crippen LogP contribution in [0.15, 0.2) is 22.7 Å². The van der Waals surface area contributed by atoms with Crippen LogP contribution in [0.2, 0.25) is 0 Å². The number of nitrogens with zero attached hydrogens (tertiary/aromatic N) is 2. The summed E-state index contributed by atoms with van der Waals surface area (Å²) < 4.78 is 0. The summed E-state index contributed by atoms with van der Waals surface area (Å²) in [4.78, 5) is 5.48. The first-order chi connectivity index (χ1) is 6.40. The van der Waals surface area contributed by atoms with Crippen molar-refractivity contribution in [1.82, 2.24) is 15.2 Å². The number of rotatable bonds is 3. The molecule has 0 unspecified atom stereocenters. The maximum atomic E-state index is 4.35. The highest BCUT2D eigenvalue weighted by Crippen LogP contribution is 2.22. The molecule has 0 fully saturated rings. The fourth-order valence-electron chi connectivity index (χ4n) is 0.964. The van der Waals surface area contributed by atoms with E-state index in [-0.39, 0.29) is 0 Å². The van der Waals surface area contributed by atoms with Gasteiger partial charge in [0.2, 0.25) is 5.16 Å². The summed E-state index contributed by atoms with van der Waals surface area (Å²) >= 11 is 3.31. The summed E-state index contributed by atoms with van der Waals surface area (Å²) in [6, 6.07) is 4.04. The molecule has 0 aromatic carbocycles. The standard InChI is InChI=1S/C8H9N3S2/c1-2-12-8-9-7(10-11-8)6-4-3-5-13-6/h3-5H,2H2,1H3,(H,9,10,11). The zero-order chi connectivity index (χ0) is 9.10. The molecule has 2 aromatic rings. The molecule has 0 bridgehead atoms. The van der Waals surface area contributed by atoms with Gasteiger partial charge >= 0.3 is 0 Å². The van der Waals surface area contributed by atoms with Gasteiger partial charge in [0, 0.05) is 0 Å². The summed E-state index contributed by atoms with van der Waals surface area (Å²) in [5.41, 5.74) is 0. The normalized spacial score (nSPS) is 10.5. The lowest BCUT2D eigenvalue weighted by molar-refractivity contribution is 0.974. The first kappa shape index (κ1) is 8.77. The lowest BCUT2D eigenvalue weighted by Crippen LogP contribution is -1.74. The molecule has 0 atom stereocenters. The molecule has 13 heavy (non-hydrogen) atoms. The monoisotopic (exact) mass is 211 g/mol. The molecule has 2 heterocycles. The average Bonchev–Trinajstić information content (AvgIpc) is 2.70. The first-order valence-corrected chi connectivity index (χ1v) is 5.85. The molecule has 0 amide bonds. The Labute approximate surface area is 84.6 Å². The van der Waals surface area contributed by atoms with Crippen molar-refractivity contribution in [3.05, 3.63) is 17.5 Å². The van der Waals surface area contributed by atoms with E-state index in [1.807, 2.05) is 17.5 Å². The van der Waals surface area contributed by atoms with Crippen molar-refractivity contribution in [3.8, 4) is 10.7 Å². The number of hydrogen-bond donors (Lipinski definition) is 1. The molecule has 0 radical (unpaired) electrons. The van der Waals surface area contributed by atoms with Gasteiger partial charge in [-0.25, -0.2) is 4.98 Å². The van der Waals surface area contributed by atoms with Gasteiger partial charge in [0.1, 0.15) is 0 Å². The SMILES string of the molecule is CCSc1n[nH]c(-c2cccs2)n1. The van der Waals surface area contributed by atoms with Crippen molar-refractivity contribution in [2.24, 2.45) is 0 Å². The minimum absolute atomic E-state index is 0.825. The van der Waals surface area contributed by atoms with E-state index in [2.05, 4.69) is 22.1 Å². The molecule has 0 aliphatic carbocycles. The second-order valence-electron chi connectivity index (χ2n) is 2.38. The highest BCUT2D eigenvalue weighted by molar-refractivity contribution is 7.99. The molecular weight excluding hydrogens is 202 g/mol. The van der Waals surface area contributed by atoms with E-state index in [0.29, 0.717) is 0 Å². The van der Waals surface area contributed by atoms with Gasteiger partial charge in [-0.15, -0.1) is 16.4 Å². The fourth-order valence-corrected chi connectivity index (χ4v) is 2.15. The van der Waals surface area contributed by atoms with E-state index >= 15 is 0 Å². The number of aromatic amines is 1. The van der Waals surface area contributed by atoms with Gasteiger partial charge < -0.3 is 0 Å². The van der Waals surface area contributed by atoms with Crippen LogP contribution < -0.4 is 0 Å². The van der Waals surface area contributed by atoms with Crippen molar-refractivity contribution in [2.75, 3.05) is 5.75 Å². The minimum atomic E-state index is 0.825. The highest BCUT2D eigenvalue weighted by Gasteiger charge is 2.05. The van der Waals surface area contributed by atoms with E-state index in [1.165, 1.54) is 0 Å². The molecule has 0 spiro atoms. The summed E-state index contributed by atoms with van der Waals surface area (Å²) in [6.07, 6.45) is 0. The largest absolute Gasteiger partial charge is 0.257 e. The number of aromatic nitrogens is 3. The number of thiophene rings is 1. The van der Waals surface area contributed by atoms with E-state index in [0.717, 1.165) is 21.6 Å². The average molecular weight is 211 g/mol. The lowest BCUT2D eigenvalue weighted by atomic mass is 10.4. The molecule has 0 aliphatic heterocycles. The van der Waals surface area contributed by atoms with Gasteiger partial charge in [-0.05, 0) is 17.2 Å². The molecule has 2 aromatic heterocycles. The van der Waals surface area contributed by atoms with Crippen molar-refractivity contribution < 1.29 is 0 Å². The molecule has 1 N–H and O–H groups in total. The Balaban J connectivity index is 2.23. The minimum Gasteiger partial charge on any atom is -0.257 e. The van der Waals surface area contributed by atoms with Crippen molar-refractivity contribution in [1.29, 1.82) is 0 Å². The zero-order valence-electron chi connectivity index (χ0n) is 7.15. The second-order valence-corrected chi connectivity index (χ2v) is 4.56. The number of thioether (sulfide) groups is 1. The van der Waals surface area contributed by atoms with Crippen molar-refractivity contribution in [3.63, 3.8) is 0 Å². The van der Waals surface area contributed by atoms with Crippen LogP contribution in [0.4, 0.5) is 0 Å². The van der Waals surface area contributed by atoms with Gasteiger partial charge in [0.25, 0.3) is 0 Å². The third-order valence-electron chi connectivity index (χ3n) is 1.49. The summed E-state index contributed by atoms with van der Waals surface area (Å²) in [5, 5.41) is 9.87. The Kier molecular flexibility index (Phi) is 2.65. The van der Waals surface area contributed by atoms with E-state index in [9.17, 15) is 0 Å². The third-order valence-corrected chi connectivity index (χ3v) is 3.10. The summed E-state index contributed by atoms with van der Waals surface area (Å²) in [5.74, 6) is 1.87. The van der Waals surface area contributed by atoms with Gasteiger partial charge in [-0.3, -0.25) is 5.10 Å². The van der Waals surface area contributed by atoms with Crippen LogP contribution in [0.25, 0.3) is 10.7 Å². The summed E-state index contributed by atoms with van der Waals surface area (Å²) in [7, 11) is 0. The Morgan fingerprint density at radius 2 is 2.54 bits per heavy atom. The van der Waals surface area contributed by atoms with Crippen LogP contribution in [0, 0.1) is 0 Å². The molecular formula is C8H9N3S2. The number of nitrogens with one attached hydrogen (secondary N) is 1. The van der Waals surface area contributed by atoms with Gasteiger partial charge in [0.05, 0.1) is 4.88 Å². The lowest BCUT2D eigenvalue weighted by Gasteiger charge is -1.86. The second kappa shape index (κ2) is 3.93. The predicted octanol–water partition coefficient (Wildman–Crippen LogP) is 2.65. The topological polar surface area (TPSA) is 41.6 Å². The van der Waals surface area contributed by atoms with Crippen molar-refractivity contribution in [2.45, 2.75) is 12.1 Å². The van der Waals surface area contributed by atoms with Crippen LogP contribution in [0.5, 0.6) is 0 Å². The van der Waals surface area contributed by atoms with Crippen LogP contribution >= 0.6 is 23.1 Å². The Bertz CT molecular complexity index is 366. The van der Waals surface area contributed by atoms with Crippen LogP contribution in [-0.2, 0) is 0 Å². The maximum Gasteiger partial charge on any atom is 0.208 e. The molecule has 0 saturated heterocycles.